The molecule has 106 valence electrons. The number of carbonyl (C=O) groups excluding carboxylic acids is 1. The van der Waals surface area contributed by atoms with E-state index >= 15 is 0 Å². The maximum absolute atomic E-state index is 12.1. The molecule has 0 spiro atoms. The first-order valence-electron chi connectivity index (χ1n) is 6.11. The third-order valence-corrected chi connectivity index (χ3v) is 2.89. The van der Waals surface area contributed by atoms with Gasteiger partial charge in [0.05, 0.1) is 18.5 Å². The number of hydrogen-bond acceptors (Lipinski definition) is 5. The molecule has 0 bridgehead atoms. The van der Waals surface area contributed by atoms with Crippen molar-refractivity contribution in [1.29, 1.82) is 0 Å². The van der Waals surface area contributed by atoms with Gasteiger partial charge < -0.3 is 15.2 Å². The van der Waals surface area contributed by atoms with E-state index in [1.807, 2.05) is 13.0 Å². The van der Waals surface area contributed by atoms with Gasteiger partial charge in [-0.25, -0.2) is 4.79 Å². The number of anilines is 1. The number of nitrogen functional groups attached to an aromatic ring is 1. The highest BCUT2D eigenvalue weighted by atomic mass is 16.5. The number of aryl methyl sites for hydroxylation is 2. The fourth-order valence-electron chi connectivity index (χ4n) is 1.90. The number of carbonyl (C=O) groups is 1. The molecule has 6 heteroatoms. The summed E-state index contributed by atoms with van der Waals surface area (Å²) >= 11 is 0. The van der Waals surface area contributed by atoms with Crippen LogP contribution in [-0.4, -0.2) is 22.9 Å². The topological polar surface area (TPSA) is 79.4 Å². The number of benzene rings is 1. The number of ether oxygens (including phenoxy) is 2. The van der Waals surface area contributed by atoms with Crippen LogP contribution in [0.25, 0.3) is 0 Å². The minimum absolute atomic E-state index is 0.147. The molecule has 1 aromatic heterocycles. The molecule has 2 aromatic rings. The molecule has 2 N–H and O–H groups in total. The van der Waals surface area contributed by atoms with Crippen molar-refractivity contribution in [3.05, 3.63) is 41.2 Å². The van der Waals surface area contributed by atoms with Crippen molar-refractivity contribution < 1.29 is 14.3 Å². The lowest BCUT2D eigenvalue weighted by Gasteiger charge is -2.09. The van der Waals surface area contributed by atoms with E-state index in [1.54, 1.807) is 23.9 Å². The Hall–Kier alpha value is -2.50. The Kier molecular flexibility index (Phi) is 3.93. The first-order valence-corrected chi connectivity index (χ1v) is 6.11. The average molecular weight is 275 g/mol. The highest BCUT2D eigenvalue weighted by Gasteiger charge is 2.15. The Morgan fingerprint density at radius 2 is 2.15 bits per heavy atom. The molecule has 0 aliphatic rings. The van der Waals surface area contributed by atoms with Gasteiger partial charge in [-0.1, -0.05) is 0 Å². The van der Waals surface area contributed by atoms with Crippen LogP contribution < -0.4 is 10.5 Å². The second-order valence-corrected chi connectivity index (χ2v) is 4.44. The van der Waals surface area contributed by atoms with E-state index < -0.39 is 5.97 Å². The van der Waals surface area contributed by atoms with Crippen LogP contribution in [-0.2, 0) is 18.4 Å². The van der Waals surface area contributed by atoms with E-state index in [1.165, 1.54) is 13.2 Å². The smallest absolute Gasteiger partial charge is 0.342 e. The molecule has 0 radical (unpaired) electrons. The molecule has 0 saturated carbocycles. The Balaban J connectivity index is 2.12. The summed E-state index contributed by atoms with van der Waals surface area (Å²) in [5.74, 6) is -0.0432. The molecule has 1 aromatic carbocycles. The number of methoxy groups -OCH3 is 1. The number of hydrogen-bond donors (Lipinski definition) is 1. The molecule has 0 fully saturated rings. The van der Waals surface area contributed by atoms with E-state index in [0.29, 0.717) is 17.0 Å². The summed E-state index contributed by atoms with van der Waals surface area (Å²) in [6.45, 7) is 2.03. The average Bonchev–Trinajstić information content (AvgIpc) is 2.74. The lowest BCUT2D eigenvalue weighted by Crippen LogP contribution is -2.09. The number of nitrogens with zero attached hydrogens (tertiary/aromatic N) is 2. The zero-order valence-electron chi connectivity index (χ0n) is 11.7. The van der Waals surface area contributed by atoms with Gasteiger partial charge in [-0.2, -0.15) is 5.10 Å². The highest BCUT2D eigenvalue weighted by molar-refractivity contribution is 5.93. The number of nitrogens with two attached hydrogens (primary N) is 1. The SMILES string of the molecule is COc1ccc(N)cc1C(=O)OCc1cc(C)nn1C. The molecule has 0 atom stereocenters. The summed E-state index contributed by atoms with van der Waals surface area (Å²) < 4.78 is 12.1. The summed E-state index contributed by atoms with van der Waals surface area (Å²) in [5, 5.41) is 4.19. The predicted molar refractivity (Wildman–Crippen MR) is 74.5 cm³/mol. The van der Waals surface area contributed by atoms with Gasteiger partial charge in [-0.3, -0.25) is 4.68 Å². The molecule has 0 amide bonds. The summed E-state index contributed by atoms with van der Waals surface area (Å²) in [6.07, 6.45) is 0. The Morgan fingerprint density at radius 1 is 1.40 bits per heavy atom. The molecule has 6 nitrogen and oxygen atoms in total. The number of rotatable bonds is 4. The van der Waals surface area contributed by atoms with Crippen LogP contribution in [0.1, 0.15) is 21.7 Å². The van der Waals surface area contributed by atoms with Crippen molar-refractivity contribution in [3.8, 4) is 5.75 Å². The van der Waals surface area contributed by atoms with Crippen LogP contribution in [0.3, 0.4) is 0 Å². The van der Waals surface area contributed by atoms with Gasteiger partial charge in [0, 0.05) is 12.7 Å². The zero-order chi connectivity index (χ0) is 14.7. The Morgan fingerprint density at radius 3 is 2.75 bits per heavy atom. The summed E-state index contributed by atoms with van der Waals surface area (Å²) in [6, 6.07) is 6.71. The van der Waals surface area contributed by atoms with Crippen molar-refractivity contribution in [3.63, 3.8) is 0 Å². The van der Waals surface area contributed by atoms with Crippen molar-refractivity contribution in [2.75, 3.05) is 12.8 Å². The van der Waals surface area contributed by atoms with E-state index in [9.17, 15) is 4.79 Å². The number of esters is 1. The van der Waals surface area contributed by atoms with Crippen molar-refractivity contribution in [1.82, 2.24) is 9.78 Å². The minimum atomic E-state index is -0.479. The zero-order valence-corrected chi connectivity index (χ0v) is 11.7. The summed E-state index contributed by atoms with van der Waals surface area (Å²) in [4.78, 5) is 12.1. The normalized spacial score (nSPS) is 10.3. The second kappa shape index (κ2) is 5.64. The lowest BCUT2D eigenvalue weighted by molar-refractivity contribution is 0.0460. The van der Waals surface area contributed by atoms with E-state index in [0.717, 1.165) is 11.4 Å². The molecule has 0 aliphatic carbocycles. The van der Waals surface area contributed by atoms with Gasteiger partial charge in [-0.15, -0.1) is 0 Å². The fraction of sp³-hybridized carbons (Fsp3) is 0.286. The van der Waals surface area contributed by atoms with Gasteiger partial charge in [0.2, 0.25) is 0 Å². The van der Waals surface area contributed by atoms with Gasteiger partial charge in [-0.05, 0) is 31.2 Å². The van der Waals surface area contributed by atoms with Crippen LogP contribution in [0.4, 0.5) is 5.69 Å². The summed E-state index contributed by atoms with van der Waals surface area (Å²) in [5.41, 5.74) is 8.16. The van der Waals surface area contributed by atoms with E-state index in [4.69, 9.17) is 15.2 Å². The van der Waals surface area contributed by atoms with Crippen molar-refractivity contribution >= 4 is 11.7 Å². The minimum Gasteiger partial charge on any atom is -0.496 e. The third kappa shape index (κ3) is 2.90. The molecular formula is C14H17N3O3. The standard InChI is InChI=1S/C14H17N3O3/c1-9-6-11(17(2)16-9)8-20-14(18)12-7-10(15)4-5-13(12)19-3/h4-7H,8,15H2,1-3H3. The van der Waals surface area contributed by atoms with Crippen LogP contribution in [0.15, 0.2) is 24.3 Å². The van der Waals surface area contributed by atoms with Gasteiger partial charge in [0.25, 0.3) is 0 Å². The van der Waals surface area contributed by atoms with Crippen LogP contribution in [0.2, 0.25) is 0 Å². The lowest BCUT2D eigenvalue weighted by atomic mass is 10.2. The van der Waals surface area contributed by atoms with Crippen LogP contribution in [0, 0.1) is 6.92 Å². The summed E-state index contributed by atoms with van der Waals surface area (Å²) in [7, 11) is 3.30. The molecule has 1 heterocycles. The van der Waals surface area contributed by atoms with Gasteiger partial charge >= 0.3 is 5.97 Å². The van der Waals surface area contributed by atoms with Crippen molar-refractivity contribution in [2.24, 2.45) is 7.05 Å². The van der Waals surface area contributed by atoms with Gasteiger partial charge in [0.15, 0.2) is 0 Å². The molecule has 20 heavy (non-hydrogen) atoms. The maximum atomic E-state index is 12.1. The highest BCUT2D eigenvalue weighted by Crippen LogP contribution is 2.22. The Bertz CT molecular complexity index is 635. The quantitative estimate of drug-likeness (QED) is 0.678. The Labute approximate surface area is 117 Å². The monoisotopic (exact) mass is 275 g/mol. The number of aromatic nitrogens is 2. The third-order valence-electron chi connectivity index (χ3n) is 2.89. The molecular weight excluding hydrogens is 258 g/mol. The van der Waals surface area contributed by atoms with Gasteiger partial charge in [0.1, 0.15) is 17.9 Å². The predicted octanol–water partition coefficient (Wildman–Crippen LogP) is 1.68. The molecule has 0 aliphatic heterocycles. The fourth-order valence-corrected chi connectivity index (χ4v) is 1.90. The molecule has 0 saturated heterocycles. The van der Waals surface area contributed by atoms with E-state index in [2.05, 4.69) is 5.10 Å². The first-order chi connectivity index (χ1) is 9.51. The van der Waals surface area contributed by atoms with Crippen LogP contribution in [0.5, 0.6) is 5.75 Å². The second-order valence-electron chi connectivity index (χ2n) is 4.44. The molecule has 2 rings (SSSR count). The first kappa shape index (κ1) is 13.9. The van der Waals surface area contributed by atoms with E-state index in [-0.39, 0.29) is 6.61 Å². The molecule has 0 unspecified atom stereocenters. The maximum Gasteiger partial charge on any atom is 0.342 e. The largest absolute Gasteiger partial charge is 0.496 e. The van der Waals surface area contributed by atoms with Crippen molar-refractivity contribution in [2.45, 2.75) is 13.5 Å². The van der Waals surface area contributed by atoms with Crippen LogP contribution >= 0.6 is 0 Å².